The van der Waals surface area contributed by atoms with Crippen LogP contribution in [0.4, 0.5) is 0 Å². The molecule has 1 atom stereocenters. The second kappa shape index (κ2) is 11.7. The number of nitrogens with zero attached hydrogens (tertiary/aromatic N) is 1. The molecule has 0 N–H and O–H groups in total. The van der Waals surface area contributed by atoms with Gasteiger partial charge in [0.15, 0.2) is 0 Å². The van der Waals surface area contributed by atoms with Crippen LogP contribution in [0.15, 0.2) is 199 Å². The molecule has 1 unspecified atom stereocenters. The molecule has 0 spiro atoms. The predicted octanol–water partition coefficient (Wildman–Crippen LogP) is 14.3. The molecule has 9 aromatic carbocycles. The summed E-state index contributed by atoms with van der Waals surface area (Å²) in [6, 6.07) is 70.9. The summed E-state index contributed by atoms with van der Waals surface area (Å²) < 4.78 is 8.87. The summed E-state index contributed by atoms with van der Waals surface area (Å²) in [5.74, 6) is 0.187. The van der Waals surface area contributed by atoms with Crippen molar-refractivity contribution in [1.29, 1.82) is 0 Å². The van der Waals surface area contributed by atoms with Crippen LogP contribution >= 0.6 is 0 Å². The lowest BCUT2D eigenvalue weighted by Gasteiger charge is -2.17. The van der Waals surface area contributed by atoms with Crippen LogP contribution in [-0.2, 0) is 0 Å². The van der Waals surface area contributed by atoms with Gasteiger partial charge >= 0.3 is 0 Å². The van der Waals surface area contributed by atoms with Gasteiger partial charge in [-0.05, 0) is 109 Å². The minimum absolute atomic E-state index is 0.187. The van der Waals surface area contributed by atoms with Crippen molar-refractivity contribution >= 4 is 54.5 Å². The van der Waals surface area contributed by atoms with Gasteiger partial charge < -0.3 is 8.98 Å². The zero-order valence-corrected chi connectivity index (χ0v) is 29.9. The van der Waals surface area contributed by atoms with Gasteiger partial charge in [-0.15, -0.1) is 0 Å². The lowest BCUT2D eigenvalue weighted by molar-refractivity contribution is 0.669. The number of fused-ring (bicyclic) bond motifs is 11. The van der Waals surface area contributed by atoms with Crippen LogP contribution in [0, 0.1) is 0 Å². The molecule has 11 aromatic rings. The first-order valence-electron chi connectivity index (χ1n) is 19.0. The van der Waals surface area contributed by atoms with E-state index in [0.29, 0.717) is 0 Å². The molecule has 12 rings (SSSR count). The number of aromatic nitrogens is 1. The van der Waals surface area contributed by atoms with Gasteiger partial charge in [-0.2, -0.15) is 0 Å². The van der Waals surface area contributed by atoms with E-state index in [1.165, 1.54) is 82.6 Å². The molecule has 2 nitrogen and oxygen atoms in total. The van der Waals surface area contributed by atoms with E-state index in [1.54, 1.807) is 0 Å². The molecule has 0 fully saturated rings. The molecular weight excluding hydrogens is 667 g/mol. The summed E-state index contributed by atoms with van der Waals surface area (Å²) in [6.07, 6.45) is 0. The van der Waals surface area contributed by atoms with E-state index >= 15 is 0 Å². The van der Waals surface area contributed by atoms with E-state index in [0.717, 1.165) is 27.6 Å². The van der Waals surface area contributed by atoms with Gasteiger partial charge in [0, 0.05) is 27.8 Å². The largest absolute Gasteiger partial charge is 0.456 e. The predicted molar refractivity (Wildman–Crippen MR) is 229 cm³/mol. The normalized spacial score (nSPS) is 13.6. The highest BCUT2D eigenvalue weighted by molar-refractivity contribution is 6.24. The van der Waals surface area contributed by atoms with Crippen LogP contribution in [0.3, 0.4) is 0 Å². The zero-order chi connectivity index (χ0) is 36.0. The SMILES string of the molecule is c1ccc(-c2ccc(-n3c4ccc(-c5ccc6c(c5)-c5ccccc5C6c5cccc6ccccc56)cc4c4ccc5oc6ccccc6c5c43)cc2)cc1. The first-order chi connectivity index (χ1) is 27.3. The summed E-state index contributed by atoms with van der Waals surface area (Å²) in [5.41, 5.74) is 16.9. The second-order valence-electron chi connectivity index (χ2n) is 14.8. The molecule has 256 valence electrons. The standard InChI is InChI=1S/C53H33NO/c1-2-11-33(12-3-1)34-21-25-38(26-22-34)54-48-29-24-37(32-47(48)44-28-30-50-52(53(44)54)45-18-8-9-20-49(45)55-50)36-23-27-43-46(31-36)40-16-6-7-17-42(40)51(43)41-19-10-14-35-13-4-5-15-39(35)41/h1-32,51H. The fourth-order valence-corrected chi connectivity index (χ4v) is 9.42. The van der Waals surface area contributed by atoms with Gasteiger partial charge in [-0.1, -0.05) is 146 Å². The minimum atomic E-state index is 0.187. The molecule has 0 radical (unpaired) electrons. The molecule has 0 saturated heterocycles. The molecule has 55 heavy (non-hydrogen) atoms. The third kappa shape index (κ3) is 4.49. The lowest BCUT2D eigenvalue weighted by atomic mass is 9.86. The Morgan fingerprint density at radius 2 is 1.05 bits per heavy atom. The van der Waals surface area contributed by atoms with Crippen LogP contribution in [-0.4, -0.2) is 4.57 Å². The van der Waals surface area contributed by atoms with Crippen LogP contribution in [0.25, 0.3) is 93.6 Å². The first kappa shape index (κ1) is 30.3. The Kier molecular flexibility index (Phi) is 6.43. The molecule has 2 aromatic heterocycles. The van der Waals surface area contributed by atoms with Gasteiger partial charge in [0.1, 0.15) is 11.2 Å². The van der Waals surface area contributed by atoms with Gasteiger partial charge in [-0.25, -0.2) is 0 Å². The highest BCUT2D eigenvalue weighted by Gasteiger charge is 2.31. The number of furan rings is 1. The Labute approximate surface area is 318 Å². The molecule has 0 saturated carbocycles. The number of hydrogen-bond acceptors (Lipinski definition) is 1. The topological polar surface area (TPSA) is 18.1 Å². The molecule has 2 heterocycles. The smallest absolute Gasteiger partial charge is 0.137 e. The fourth-order valence-electron chi connectivity index (χ4n) is 9.42. The van der Waals surface area contributed by atoms with Crippen molar-refractivity contribution in [3.63, 3.8) is 0 Å². The second-order valence-corrected chi connectivity index (χ2v) is 14.8. The monoisotopic (exact) mass is 699 g/mol. The van der Waals surface area contributed by atoms with Crippen molar-refractivity contribution in [3.05, 3.63) is 211 Å². The van der Waals surface area contributed by atoms with Crippen molar-refractivity contribution in [1.82, 2.24) is 4.57 Å². The highest BCUT2D eigenvalue weighted by Crippen LogP contribution is 2.51. The van der Waals surface area contributed by atoms with Crippen molar-refractivity contribution in [2.45, 2.75) is 5.92 Å². The van der Waals surface area contributed by atoms with Gasteiger partial charge in [0.05, 0.1) is 16.4 Å². The maximum Gasteiger partial charge on any atom is 0.137 e. The average molecular weight is 700 g/mol. The summed E-state index contributed by atoms with van der Waals surface area (Å²) in [7, 11) is 0. The number of hydrogen-bond donors (Lipinski definition) is 0. The number of rotatable bonds is 4. The Morgan fingerprint density at radius 3 is 1.96 bits per heavy atom. The molecule has 2 heteroatoms. The molecule has 0 aliphatic heterocycles. The lowest BCUT2D eigenvalue weighted by Crippen LogP contribution is -2.00. The van der Waals surface area contributed by atoms with Crippen molar-refractivity contribution in [3.8, 4) is 39.1 Å². The average Bonchev–Trinajstić information content (AvgIpc) is 3.91. The molecule has 0 bridgehead atoms. The van der Waals surface area contributed by atoms with E-state index in [4.69, 9.17) is 4.42 Å². The van der Waals surface area contributed by atoms with Crippen molar-refractivity contribution in [2.75, 3.05) is 0 Å². The first-order valence-corrected chi connectivity index (χ1v) is 19.0. The number of benzene rings is 9. The van der Waals surface area contributed by atoms with Crippen molar-refractivity contribution < 1.29 is 4.42 Å². The Balaban J connectivity index is 1.06. The maximum absolute atomic E-state index is 6.44. The zero-order valence-electron chi connectivity index (χ0n) is 29.9. The van der Waals surface area contributed by atoms with Gasteiger partial charge in [-0.3, -0.25) is 0 Å². The van der Waals surface area contributed by atoms with Crippen LogP contribution in [0.2, 0.25) is 0 Å². The quantitative estimate of drug-likeness (QED) is 0.179. The van der Waals surface area contributed by atoms with E-state index in [9.17, 15) is 0 Å². The van der Waals surface area contributed by atoms with Gasteiger partial charge in [0.2, 0.25) is 0 Å². The Bertz CT molecular complexity index is 3300. The van der Waals surface area contributed by atoms with E-state index in [1.807, 2.05) is 6.07 Å². The Hall–Kier alpha value is -7.16. The number of para-hydroxylation sites is 1. The molecular formula is C53H33NO. The van der Waals surface area contributed by atoms with Crippen LogP contribution in [0.5, 0.6) is 0 Å². The van der Waals surface area contributed by atoms with Gasteiger partial charge in [0.25, 0.3) is 0 Å². The maximum atomic E-state index is 6.44. The third-order valence-corrected chi connectivity index (χ3v) is 11.9. The van der Waals surface area contributed by atoms with Crippen LogP contribution < -0.4 is 0 Å². The van der Waals surface area contributed by atoms with Crippen molar-refractivity contribution in [2.24, 2.45) is 0 Å². The summed E-state index contributed by atoms with van der Waals surface area (Å²) >= 11 is 0. The fraction of sp³-hybridized carbons (Fsp3) is 0.0189. The molecule has 1 aliphatic rings. The molecule has 1 aliphatic carbocycles. The minimum Gasteiger partial charge on any atom is -0.456 e. The summed E-state index contributed by atoms with van der Waals surface area (Å²) in [5, 5.41) is 7.31. The summed E-state index contributed by atoms with van der Waals surface area (Å²) in [6.45, 7) is 0. The highest BCUT2D eigenvalue weighted by atomic mass is 16.3. The van der Waals surface area contributed by atoms with E-state index < -0.39 is 0 Å². The third-order valence-electron chi connectivity index (χ3n) is 11.9. The Morgan fingerprint density at radius 1 is 0.382 bits per heavy atom. The van der Waals surface area contributed by atoms with E-state index in [-0.39, 0.29) is 5.92 Å². The van der Waals surface area contributed by atoms with E-state index in [2.05, 4.69) is 193 Å². The molecule has 0 amide bonds. The van der Waals surface area contributed by atoms with Crippen LogP contribution in [0.1, 0.15) is 22.6 Å². The summed E-state index contributed by atoms with van der Waals surface area (Å²) in [4.78, 5) is 0.